The van der Waals surface area contributed by atoms with Crippen LogP contribution in [0.2, 0.25) is 0 Å². The van der Waals surface area contributed by atoms with Crippen LogP contribution in [-0.4, -0.2) is 60.9 Å². The Labute approximate surface area is 111 Å². The Morgan fingerprint density at radius 3 is 2.84 bits per heavy atom. The second-order valence-electron chi connectivity index (χ2n) is 3.94. The van der Waals surface area contributed by atoms with Crippen molar-refractivity contribution in [2.24, 2.45) is 0 Å². The van der Waals surface area contributed by atoms with E-state index in [0.29, 0.717) is 19.6 Å². The summed E-state index contributed by atoms with van der Waals surface area (Å²) in [5, 5.41) is 12.3. The number of rotatable bonds is 8. The van der Waals surface area contributed by atoms with Gasteiger partial charge in [-0.15, -0.1) is 0 Å². The fourth-order valence-corrected chi connectivity index (χ4v) is 2.60. The standard InChI is InChI=1S/C10H17N3O5S/c1-12(4-3-5-18-2)19(16,17)9-6-11-13(7-9)8-10(14)15/h6-7H,3-5,8H2,1-2H3,(H,14,15). The number of hydrogen-bond donors (Lipinski definition) is 1. The molecule has 0 aliphatic heterocycles. The molecule has 0 atom stereocenters. The molecule has 8 nitrogen and oxygen atoms in total. The number of ether oxygens (including phenoxy) is 1. The molecular weight excluding hydrogens is 274 g/mol. The van der Waals surface area contributed by atoms with E-state index in [1.54, 1.807) is 7.11 Å². The smallest absolute Gasteiger partial charge is 0.325 e. The molecule has 1 aromatic rings. The molecule has 0 aliphatic carbocycles. The van der Waals surface area contributed by atoms with E-state index in [1.165, 1.54) is 17.5 Å². The minimum Gasteiger partial charge on any atom is -0.480 e. The summed E-state index contributed by atoms with van der Waals surface area (Å²) >= 11 is 0. The van der Waals surface area contributed by atoms with Crippen molar-refractivity contribution in [3.05, 3.63) is 12.4 Å². The highest BCUT2D eigenvalue weighted by Gasteiger charge is 2.22. The van der Waals surface area contributed by atoms with Crippen molar-refractivity contribution in [3.8, 4) is 0 Å². The molecule has 0 radical (unpaired) electrons. The van der Waals surface area contributed by atoms with E-state index in [0.717, 1.165) is 10.9 Å². The van der Waals surface area contributed by atoms with E-state index in [9.17, 15) is 13.2 Å². The van der Waals surface area contributed by atoms with Crippen molar-refractivity contribution in [2.75, 3.05) is 27.3 Å². The number of aliphatic carboxylic acids is 1. The zero-order valence-electron chi connectivity index (χ0n) is 10.8. The highest BCUT2D eigenvalue weighted by atomic mass is 32.2. The summed E-state index contributed by atoms with van der Waals surface area (Å²) in [6.07, 6.45) is 2.93. The molecule has 1 aromatic heterocycles. The molecule has 0 aromatic carbocycles. The number of aromatic nitrogens is 2. The lowest BCUT2D eigenvalue weighted by molar-refractivity contribution is -0.137. The molecule has 0 fully saturated rings. The Morgan fingerprint density at radius 2 is 2.26 bits per heavy atom. The fourth-order valence-electron chi connectivity index (χ4n) is 1.43. The Balaban J connectivity index is 2.76. The van der Waals surface area contributed by atoms with Crippen molar-refractivity contribution in [1.82, 2.24) is 14.1 Å². The van der Waals surface area contributed by atoms with Crippen LogP contribution in [0.5, 0.6) is 0 Å². The number of sulfonamides is 1. The van der Waals surface area contributed by atoms with Crippen LogP contribution >= 0.6 is 0 Å². The van der Waals surface area contributed by atoms with Crippen LogP contribution in [0.1, 0.15) is 6.42 Å². The van der Waals surface area contributed by atoms with Crippen LogP contribution < -0.4 is 0 Å². The molecule has 0 aliphatic rings. The molecule has 1 heterocycles. The van der Waals surface area contributed by atoms with Gasteiger partial charge in [0, 0.05) is 33.5 Å². The highest BCUT2D eigenvalue weighted by Crippen LogP contribution is 2.13. The predicted octanol–water partition coefficient (Wildman–Crippen LogP) is -0.375. The molecule has 0 saturated carbocycles. The van der Waals surface area contributed by atoms with Gasteiger partial charge in [-0.05, 0) is 6.42 Å². The van der Waals surface area contributed by atoms with Gasteiger partial charge in [0.05, 0.1) is 6.20 Å². The van der Waals surface area contributed by atoms with Crippen molar-refractivity contribution >= 4 is 16.0 Å². The molecular formula is C10H17N3O5S. The zero-order chi connectivity index (χ0) is 14.5. The second kappa shape index (κ2) is 6.64. The van der Waals surface area contributed by atoms with Crippen LogP contribution in [-0.2, 0) is 26.1 Å². The first-order chi connectivity index (χ1) is 8.87. The van der Waals surface area contributed by atoms with E-state index in [-0.39, 0.29) is 11.4 Å². The number of methoxy groups -OCH3 is 1. The highest BCUT2D eigenvalue weighted by molar-refractivity contribution is 7.89. The molecule has 0 unspecified atom stereocenters. The van der Waals surface area contributed by atoms with Gasteiger partial charge in [-0.2, -0.15) is 5.10 Å². The molecule has 0 bridgehead atoms. The van der Waals surface area contributed by atoms with Gasteiger partial charge in [0.25, 0.3) is 0 Å². The summed E-state index contributed by atoms with van der Waals surface area (Å²) in [5.41, 5.74) is 0. The van der Waals surface area contributed by atoms with Crippen LogP contribution in [0.25, 0.3) is 0 Å². The maximum atomic E-state index is 12.1. The van der Waals surface area contributed by atoms with Crippen molar-refractivity contribution in [1.29, 1.82) is 0 Å². The van der Waals surface area contributed by atoms with Gasteiger partial charge < -0.3 is 9.84 Å². The quantitative estimate of drug-likeness (QED) is 0.655. The lowest BCUT2D eigenvalue weighted by Crippen LogP contribution is -2.28. The lowest BCUT2D eigenvalue weighted by Gasteiger charge is -2.15. The van der Waals surface area contributed by atoms with E-state index in [4.69, 9.17) is 9.84 Å². The summed E-state index contributed by atoms with van der Waals surface area (Å²) < 4.78 is 31.3. The van der Waals surface area contributed by atoms with Gasteiger partial charge in [0.15, 0.2) is 0 Å². The Bertz CT molecular complexity index is 525. The summed E-state index contributed by atoms with van der Waals surface area (Å²) in [7, 11) is -0.629. The summed E-state index contributed by atoms with van der Waals surface area (Å²) in [4.78, 5) is 10.5. The van der Waals surface area contributed by atoms with E-state index in [2.05, 4.69) is 5.10 Å². The SMILES string of the molecule is COCCCN(C)S(=O)(=O)c1cnn(CC(=O)O)c1. The molecule has 1 N–H and O–H groups in total. The molecule has 9 heteroatoms. The first kappa shape index (κ1) is 15.6. The van der Waals surface area contributed by atoms with Gasteiger partial charge in [-0.3, -0.25) is 9.48 Å². The van der Waals surface area contributed by atoms with E-state index >= 15 is 0 Å². The largest absolute Gasteiger partial charge is 0.480 e. The van der Waals surface area contributed by atoms with E-state index in [1.807, 2.05) is 0 Å². The van der Waals surface area contributed by atoms with Crippen LogP contribution in [0.15, 0.2) is 17.3 Å². The monoisotopic (exact) mass is 291 g/mol. The molecule has 0 amide bonds. The minimum atomic E-state index is -3.63. The summed E-state index contributed by atoms with van der Waals surface area (Å²) in [6, 6.07) is 0. The zero-order valence-corrected chi connectivity index (χ0v) is 11.6. The van der Waals surface area contributed by atoms with Crippen LogP contribution in [0.4, 0.5) is 0 Å². The second-order valence-corrected chi connectivity index (χ2v) is 5.99. The van der Waals surface area contributed by atoms with Gasteiger partial charge in [-0.25, -0.2) is 12.7 Å². The molecule has 19 heavy (non-hydrogen) atoms. The lowest BCUT2D eigenvalue weighted by atomic mass is 10.5. The number of carbonyl (C=O) groups is 1. The molecule has 108 valence electrons. The normalized spacial score (nSPS) is 11.9. The number of nitrogens with zero attached hydrogens (tertiary/aromatic N) is 3. The molecule has 1 rings (SSSR count). The van der Waals surface area contributed by atoms with Gasteiger partial charge in [-0.1, -0.05) is 0 Å². The Hall–Kier alpha value is -1.45. The first-order valence-electron chi connectivity index (χ1n) is 5.57. The maximum absolute atomic E-state index is 12.1. The van der Waals surface area contributed by atoms with Crippen molar-refractivity contribution in [3.63, 3.8) is 0 Å². The fraction of sp³-hybridized carbons (Fsp3) is 0.600. The third-order valence-electron chi connectivity index (χ3n) is 2.44. The topological polar surface area (TPSA) is 102 Å². The summed E-state index contributed by atoms with van der Waals surface area (Å²) in [5.74, 6) is -1.08. The van der Waals surface area contributed by atoms with Crippen LogP contribution in [0, 0.1) is 0 Å². The predicted molar refractivity (Wildman–Crippen MR) is 66.2 cm³/mol. The molecule has 0 saturated heterocycles. The molecule has 0 spiro atoms. The van der Waals surface area contributed by atoms with Gasteiger partial charge in [0.2, 0.25) is 10.0 Å². The van der Waals surface area contributed by atoms with Gasteiger partial charge >= 0.3 is 5.97 Å². The van der Waals surface area contributed by atoms with Crippen LogP contribution in [0.3, 0.4) is 0 Å². The average Bonchev–Trinajstić information content (AvgIpc) is 2.77. The number of carboxylic acids is 1. The van der Waals surface area contributed by atoms with E-state index < -0.39 is 16.0 Å². The number of carboxylic acid groups (broad SMARTS) is 1. The van der Waals surface area contributed by atoms with Crippen molar-refractivity contribution < 1.29 is 23.1 Å². The van der Waals surface area contributed by atoms with Crippen molar-refractivity contribution in [2.45, 2.75) is 17.9 Å². The maximum Gasteiger partial charge on any atom is 0.325 e. The van der Waals surface area contributed by atoms with Gasteiger partial charge in [0.1, 0.15) is 11.4 Å². The third kappa shape index (κ3) is 4.30. The number of hydrogen-bond acceptors (Lipinski definition) is 5. The minimum absolute atomic E-state index is 0.0198. The Morgan fingerprint density at radius 1 is 1.58 bits per heavy atom. The first-order valence-corrected chi connectivity index (χ1v) is 7.01. The average molecular weight is 291 g/mol. The third-order valence-corrected chi connectivity index (χ3v) is 4.25. The Kier molecular flexibility index (Phi) is 5.45. The summed E-state index contributed by atoms with van der Waals surface area (Å²) in [6.45, 7) is 0.418.